The summed E-state index contributed by atoms with van der Waals surface area (Å²) in [4.78, 5) is 16.0. The Labute approximate surface area is 108 Å². The molecule has 5 nitrogen and oxygen atoms in total. The van der Waals surface area contributed by atoms with Crippen LogP contribution in [-0.2, 0) is 4.79 Å². The fourth-order valence-corrected chi connectivity index (χ4v) is 2.31. The molecule has 18 heavy (non-hydrogen) atoms. The molecule has 6 heteroatoms. The molecule has 1 aliphatic rings. The number of carbonyl (C=O) groups is 1. The van der Waals surface area contributed by atoms with Gasteiger partial charge in [0.05, 0.1) is 6.04 Å². The standard InChI is InChI=1S/C12H12N4OS/c17-10(9-6-7-13-9)14-12-15-11(18-16-12)8-4-2-1-3-5-8/h1-5,9,13H,6-7H2,(H,14,16,17)/t9-/m0/s1. The third kappa shape index (κ3) is 2.25. The van der Waals surface area contributed by atoms with Gasteiger partial charge >= 0.3 is 0 Å². The number of anilines is 1. The van der Waals surface area contributed by atoms with Crippen molar-refractivity contribution in [1.29, 1.82) is 0 Å². The zero-order valence-electron chi connectivity index (χ0n) is 9.59. The number of hydrogen-bond acceptors (Lipinski definition) is 5. The van der Waals surface area contributed by atoms with Crippen LogP contribution in [0.2, 0.25) is 0 Å². The van der Waals surface area contributed by atoms with Crippen LogP contribution in [0, 0.1) is 0 Å². The van der Waals surface area contributed by atoms with E-state index in [1.807, 2.05) is 30.3 Å². The molecule has 0 bridgehead atoms. The van der Waals surface area contributed by atoms with Crippen molar-refractivity contribution in [1.82, 2.24) is 14.7 Å². The molecule has 2 aromatic rings. The van der Waals surface area contributed by atoms with Crippen LogP contribution in [0.15, 0.2) is 30.3 Å². The lowest BCUT2D eigenvalue weighted by molar-refractivity contribution is -0.119. The van der Waals surface area contributed by atoms with Gasteiger partial charge in [0.1, 0.15) is 5.01 Å². The lowest BCUT2D eigenvalue weighted by atomic mass is 10.1. The van der Waals surface area contributed by atoms with E-state index in [0.717, 1.165) is 23.5 Å². The summed E-state index contributed by atoms with van der Waals surface area (Å²) in [6.07, 6.45) is 0.877. The molecule has 1 amide bonds. The molecule has 1 saturated heterocycles. The van der Waals surface area contributed by atoms with E-state index in [1.165, 1.54) is 11.5 Å². The summed E-state index contributed by atoms with van der Waals surface area (Å²) in [5.41, 5.74) is 1.01. The Bertz CT molecular complexity index is 550. The van der Waals surface area contributed by atoms with E-state index in [9.17, 15) is 4.79 Å². The number of aromatic nitrogens is 2. The fraction of sp³-hybridized carbons (Fsp3) is 0.250. The highest BCUT2D eigenvalue weighted by molar-refractivity contribution is 7.09. The van der Waals surface area contributed by atoms with Crippen molar-refractivity contribution in [3.63, 3.8) is 0 Å². The Morgan fingerprint density at radius 3 is 2.83 bits per heavy atom. The van der Waals surface area contributed by atoms with E-state index >= 15 is 0 Å². The molecule has 1 aromatic carbocycles. The minimum atomic E-state index is -0.0892. The molecule has 0 radical (unpaired) electrons. The van der Waals surface area contributed by atoms with Gasteiger partial charge in [0.2, 0.25) is 11.9 Å². The monoisotopic (exact) mass is 260 g/mol. The minimum absolute atomic E-state index is 0.0568. The smallest absolute Gasteiger partial charge is 0.243 e. The molecule has 0 unspecified atom stereocenters. The van der Waals surface area contributed by atoms with Gasteiger partial charge in [-0.2, -0.15) is 9.36 Å². The van der Waals surface area contributed by atoms with Gasteiger partial charge in [0.15, 0.2) is 0 Å². The maximum Gasteiger partial charge on any atom is 0.243 e. The molecule has 1 aromatic heterocycles. The Morgan fingerprint density at radius 1 is 1.39 bits per heavy atom. The minimum Gasteiger partial charge on any atom is -0.306 e. The Hall–Kier alpha value is -1.79. The average Bonchev–Trinajstić information content (AvgIpc) is 2.76. The summed E-state index contributed by atoms with van der Waals surface area (Å²) in [7, 11) is 0. The maximum absolute atomic E-state index is 11.7. The van der Waals surface area contributed by atoms with Gasteiger partial charge in [-0.1, -0.05) is 30.3 Å². The third-order valence-corrected chi connectivity index (χ3v) is 3.59. The van der Waals surface area contributed by atoms with Crippen LogP contribution >= 0.6 is 11.5 Å². The number of nitrogens with one attached hydrogen (secondary N) is 2. The van der Waals surface area contributed by atoms with Crippen molar-refractivity contribution >= 4 is 23.4 Å². The van der Waals surface area contributed by atoms with Gasteiger partial charge in [-0.15, -0.1) is 0 Å². The second-order valence-electron chi connectivity index (χ2n) is 4.07. The number of carbonyl (C=O) groups excluding carboxylic acids is 1. The summed E-state index contributed by atoms with van der Waals surface area (Å²) < 4.78 is 4.14. The quantitative estimate of drug-likeness (QED) is 0.877. The van der Waals surface area contributed by atoms with Gasteiger partial charge in [-0.3, -0.25) is 10.1 Å². The van der Waals surface area contributed by atoms with Gasteiger partial charge in [-0.25, -0.2) is 0 Å². The first-order valence-corrected chi connectivity index (χ1v) is 6.53. The van der Waals surface area contributed by atoms with Crippen molar-refractivity contribution in [2.45, 2.75) is 12.5 Å². The number of benzene rings is 1. The molecular weight excluding hydrogens is 248 g/mol. The summed E-state index contributed by atoms with van der Waals surface area (Å²) >= 11 is 1.29. The highest BCUT2D eigenvalue weighted by Gasteiger charge is 2.25. The van der Waals surface area contributed by atoms with Crippen molar-refractivity contribution in [3.05, 3.63) is 30.3 Å². The molecule has 0 aliphatic carbocycles. The van der Waals surface area contributed by atoms with E-state index in [4.69, 9.17) is 0 Å². The number of nitrogens with zero attached hydrogens (tertiary/aromatic N) is 2. The summed E-state index contributed by atoms with van der Waals surface area (Å²) in [5, 5.41) is 6.57. The maximum atomic E-state index is 11.7. The van der Waals surface area contributed by atoms with Crippen LogP contribution in [0.4, 0.5) is 5.95 Å². The summed E-state index contributed by atoms with van der Waals surface area (Å²) in [6, 6.07) is 9.71. The molecule has 2 N–H and O–H groups in total. The molecule has 92 valence electrons. The van der Waals surface area contributed by atoms with E-state index < -0.39 is 0 Å². The Kier molecular flexibility index (Phi) is 3.04. The first-order valence-electron chi connectivity index (χ1n) is 5.76. The van der Waals surface area contributed by atoms with Gasteiger partial charge in [0, 0.05) is 5.56 Å². The van der Waals surface area contributed by atoms with E-state index in [-0.39, 0.29) is 11.9 Å². The lowest BCUT2D eigenvalue weighted by Gasteiger charge is -2.25. The van der Waals surface area contributed by atoms with E-state index in [1.54, 1.807) is 0 Å². The zero-order chi connectivity index (χ0) is 12.4. The predicted octanol–water partition coefficient (Wildman–Crippen LogP) is 1.51. The second kappa shape index (κ2) is 4.83. The van der Waals surface area contributed by atoms with Crippen molar-refractivity contribution in [2.24, 2.45) is 0 Å². The average molecular weight is 260 g/mol. The molecule has 0 saturated carbocycles. The van der Waals surface area contributed by atoms with Crippen LogP contribution in [-0.4, -0.2) is 27.9 Å². The van der Waals surface area contributed by atoms with Crippen LogP contribution in [0.1, 0.15) is 6.42 Å². The lowest BCUT2D eigenvalue weighted by Crippen LogP contribution is -2.50. The molecule has 1 fully saturated rings. The third-order valence-electron chi connectivity index (χ3n) is 2.82. The van der Waals surface area contributed by atoms with Crippen LogP contribution in [0.25, 0.3) is 10.6 Å². The summed E-state index contributed by atoms with van der Waals surface area (Å²) in [6.45, 7) is 0.901. The van der Waals surface area contributed by atoms with E-state index in [2.05, 4.69) is 20.0 Å². The van der Waals surface area contributed by atoms with Crippen LogP contribution in [0.3, 0.4) is 0 Å². The first-order chi connectivity index (χ1) is 8.83. The molecule has 3 rings (SSSR count). The zero-order valence-corrected chi connectivity index (χ0v) is 10.4. The van der Waals surface area contributed by atoms with Crippen molar-refractivity contribution < 1.29 is 4.79 Å². The van der Waals surface area contributed by atoms with Gasteiger partial charge in [0.25, 0.3) is 0 Å². The Morgan fingerprint density at radius 2 is 2.17 bits per heavy atom. The number of amides is 1. The van der Waals surface area contributed by atoms with E-state index in [0.29, 0.717) is 5.95 Å². The largest absolute Gasteiger partial charge is 0.306 e. The SMILES string of the molecule is O=C(Nc1nsc(-c2ccccc2)n1)[C@@H]1CCN1. The highest BCUT2D eigenvalue weighted by atomic mass is 32.1. The van der Waals surface area contributed by atoms with Crippen LogP contribution < -0.4 is 10.6 Å². The molecule has 1 atom stereocenters. The molecule has 1 aliphatic heterocycles. The van der Waals surface area contributed by atoms with Gasteiger partial charge in [-0.05, 0) is 24.5 Å². The number of rotatable bonds is 3. The Balaban J connectivity index is 1.71. The first kappa shape index (κ1) is 11.3. The predicted molar refractivity (Wildman–Crippen MR) is 70.4 cm³/mol. The fourth-order valence-electron chi connectivity index (χ4n) is 1.68. The number of hydrogen-bond donors (Lipinski definition) is 2. The normalized spacial score (nSPS) is 18.1. The van der Waals surface area contributed by atoms with Crippen molar-refractivity contribution in [2.75, 3.05) is 11.9 Å². The van der Waals surface area contributed by atoms with Gasteiger partial charge < -0.3 is 5.32 Å². The van der Waals surface area contributed by atoms with Crippen molar-refractivity contribution in [3.8, 4) is 10.6 Å². The summed E-state index contributed by atoms with van der Waals surface area (Å²) in [5.74, 6) is 0.330. The second-order valence-corrected chi connectivity index (χ2v) is 4.83. The highest BCUT2D eigenvalue weighted by Crippen LogP contribution is 2.22. The molecule has 0 spiro atoms. The van der Waals surface area contributed by atoms with Crippen LogP contribution in [0.5, 0.6) is 0 Å². The molecule has 2 heterocycles. The topological polar surface area (TPSA) is 66.9 Å². The molecular formula is C12H12N4OS.